The van der Waals surface area contributed by atoms with E-state index >= 15 is 0 Å². The van der Waals surface area contributed by atoms with E-state index in [9.17, 15) is 4.79 Å². The van der Waals surface area contributed by atoms with Gasteiger partial charge in [0.1, 0.15) is 0 Å². The zero-order valence-corrected chi connectivity index (χ0v) is 9.47. The Labute approximate surface area is 94.7 Å². The first-order valence-electron chi connectivity index (χ1n) is 4.79. The fourth-order valence-corrected chi connectivity index (χ4v) is 1.47. The third-order valence-electron chi connectivity index (χ3n) is 2.15. The van der Waals surface area contributed by atoms with Crippen molar-refractivity contribution in [1.82, 2.24) is 0 Å². The Morgan fingerprint density at radius 1 is 1.47 bits per heavy atom. The van der Waals surface area contributed by atoms with Crippen LogP contribution in [0.25, 0.3) is 0 Å². The summed E-state index contributed by atoms with van der Waals surface area (Å²) in [5.74, 6) is 0.0102. The maximum atomic E-state index is 11.7. The number of nitrogen functional groups attached to an aromatic ring is 1. The van der Waals surface area contributed by atoms with E-state index in [1.807, 2.05) is 6.92 Å². The number of carbonyl (C=O) groups is 1. The number of halogens is 1. The average molecular weight is 224 g/mol. The molecule has 0 bridgehead atoms. The normalized spacial score (nSPS) is 10.0. The van der Waals surface area contributed by atoms with E-state index in [0.29, 0.717) is 22.7 Å². The lowest BCUT2D eigenvalue weighted by atomic mass is 10.0. The summed E-state index contributed by atoms with van der Waals surface area (Å²) in [7, 11) is 0. The number of rotatable bonds is 4. The molecule has 0 radical (unpaired) electrons. The largest absolute Gasteiger partial charge is 0.399 e. The molecular weight excluding hydrogens is 210 g/mol. The first kappa shape index (κ1) is 11.8. The standard InChI is InChI=1S/C12H14ClNO/c1-3-8(2)4-12(15)9-5-10(13)7-11(14)6-9/h5-7H,2-4,14H2,1H3. The molecule has 2 N–H and O–H groups in total. The Balaban J connectivity index is 2.86. The molecule has 0 atom stereocenters. The number of allylic oxidation sites excluding steroid dienone is 1. The number of hydrogen-bond acceptors (Lipinski definition) is 2. The fourth-order valence-electron chi connectivity index (χ4n) is 1.23. The lowest BCUT2D eigenvalue weighted by molar-refractivity contribution is 0.0992. The number of Topliss-reactive ketones (excluding diaryl/α,β-unsaturated/α-hetero) is 1. The maximum absolute atomic E-state index is 11.7. The minimum absolute atomic E-state index is 0.0102. The molecule has 3 heteroatoms. The van der Waals surface area contributed by atoms with Crippen LogP contribution in [0.15, 0.2) is 30.4 Å². The van der Waals surface area contributed by atoms with Gasteiger partial charge < -0.3 is 5.73 Å². The monoisotopic (exact) mass is 223 g/mol. The van der Waals surface area contributed by atoms with Gasteiger partial charge in [-0.05, 0) is 24.6 Å². The van der Waals surface area contributed by atoms with Crippen LogP contribution in [-0.4, -0.2) is 5.78 Å². The summed E-state index contributed by atoms with van der Waals surface area (Å²) in [5.41, 5.74) is 7.57. The van der Waals surface area contributed by atoms with Gasteiger partial charge in [0, 0.05) is 22.7 Å². The van der Waals surface area contributed by atoms with Crippen molar-refractivity contribution in [2.45, 2.75) is 19.8 Å². The van der Waals surface area contributed by atoms with Crippen molar-refractivity contribution < 1.29 is 4.79 Å². The van der Waals surface area contributed by atoms with Gasteiger partial charge in [-0.15, -0.1) is 0 Å². The molecule has 80 valence electrons. The van der Waals surface area contributed by atoms with Crippen LogP contribution < -0.4 is 5.73 Å². The third-order valence-corrected chi connectivity index (χ3v) is 2.37. The molecule has 0 saturated carbocycles. The Hall–Kier alpha value is -1.28. The second-order valence-electron chi connectivity index (χ2n) is 3.48. The molecule has 0 aliphatic heterocycles. The molecule has 0 unspecified atom stereocenters. The van der Waals surface area contributed by atoms with E-state index in [1.54, 1.807) is 18.2 Å². The van der Waals surface area contributed by atoms with E-state index in [-0.39, 0.29) is 5.78 Å². The zero-order valence-electron chi connectivity index (χ0n) is 8.72. The second-order valence-corrected chi connectivity index (χ2v) is 3.91. The summed E-state index contributed by atoms with van der Waals surface area (Å²) < 4.78 is 0. The number of benzene rings is 1. The van der Waals surface area contributed by atoms with Crippen LogP contribution in [0.2, 0.25) is 5.02 Å². The minimum atomic E-state index is 0.0102. The van der Waals surface area contributed by atoms with Crippen molar-refractivity contribution in [3.05, 3.63) is 40.9 Å². The number of carbonyl (C=O) groups excluding carboxylic acids is 1. The minimum Gasteiger partial charge on any atom is -0.399 e. The lowest BCUT2D eigenvalue weighted by Crippen LogP contribution is -2.01. The Morgan fingerprint density at radius 2 is 2.13 bits per heavy atom. The van der Waals surface area contributed by atoms with Crippen molar-refractivity contribution in [2.75, 3.05) is 5.73 Å². The van der Waals surface area contributed by atoms with Crippen LogP contribution >= 0.6 is 11.6 Å². The number of hydrogen-bond donors (Lipinski definition) is 1. The van der Waals surface area contributed by atoms with E-state index in [1.165, 1.54) is 0 Å². The fraction of sp³-hybridized carbons (Fsp3) is 0.250. The zero-order chi connectivity index (χ0) is 11.4. The van der Waals surface area contributed by atoms with Crippen LogP contribution in [0.4, 0.5) is 5.69 Å². The van der Waals surface area contributed by atoms with Crippen molar-refractivity contribution in [3.63, 3.8) is 0 Å². The summed E-state index contributed by atoms with van der Waals surface area (Å²) >= 11 is 5.81. The molecule has 1 aromatic carbocycles. The number of anilines is 1. The predicted octanol–water partition coefficient (Wildman–Crippen LogP) is 3.46. The topological polar surface area (TPSA) is 43.1 Å². The molecule has 0 heterocycles. The van der Waals surface area contributed by atoms with E-state index in [0.717, 1.165) is 12.0 Å². The van der Waals surface area contributed by atoms with Gasteiger partial charge in [0.05, 0.1) is 0 Å². The van der Waals surface area contributed by atoms with Crippen molar-refractivity contribution in [3.8, 4) is 0 Å². The average Bonchev–Trinajstić information content (AvgIpc) is 2.16. The van der Waals surface area contributed by atoms with Crippen LogP contribution in [-0.2, 0) is 0 Å². The lowest BCUT2D eigenvalue weighted by Gasteiger charge is -2.04. The quantitative estimate of drug-likeness (QED) is 0.483. The van der Waals surface area contributed by atoms with Crippen molar-refractivity contribution >= 4 is 23.1 Å². The summed E-state index contributed by atoms with van der Waals surface area (Å²) in [6.45, 7) is 5.77. The summed E-state index contributed by atoms with van der Waals surface area (Å²) in [4.78, 5) is 11.7. The van der Waals surface area contributed by atoms with Gasteiger partial charge in [-0.25, -0.2) is 0 Å². The van der Waals surface area contributed by atoms with E-state index in [4.69, 9.17) is 17.3 Å². The Kier molecular flexibility index (Phi) is 3.92. The molecule has 0 spiro atoms. The van der Waals surface area contributed by atoms with E-state index in [2.05, 4.69) is 6.58 Å². The highest BCUT2D eigenvalue weighted by Gasteiger charge is 2.08. The van der Waals surface area contributed by atoms with Crippen LogP contribution in [0, 0.1) is 0 Å². The highest BCUT2D eigenvalue weighted by atomic mass is 35.5. The third kappa shape index (κ3) is 3.40. The summed E-state index contributed by atoms with van der Waals surface area (Å²) in [5, 5.41) is 0.487. The first-order valence-corrected chi connectivity index (χ1v) is 5.16. The maximum Gasteiger partial charge on any atom is 0.167 e. The van der Waals surface area contributed by atoms with Crippen molar-refractivity contribution in [1.29, 1.82) is 0 Å². The smallest absolute Gasteiger partial charge is 0.167 e. The molecule has 1 aromatic rings. The molecular formula is C12H14ClNO. The van der Waals surface area contributed by atoms with Gasteiger partial charge in [0.15, 0.2) is 5.78 Å². The molecule has 0 amide bonds. The van der Waals surface area contributed by atoms with Gasteiger partial charge in [-0.3, -0.25) is 4.79 Å². The summed E-state index contributed by atoms with van der Waals surface area (Å²) in [6, 6.07) is 4.88. The molecule has 0 aromatic heterocycles. The van der Waals surface area contributed by atoms with Gasteiger partial charge in [0.2, 0.25) is 0 Å². The van der Waals surface area contributed by atoms with Crippen LogP contribution in [0.1, 0.15) is 30.1 Å². The van der Waals surface area contributed by atoms with Gasteiger partial charge in [0.25, 0.3) is 0 Å². The molecule has 0 saturated heterocycles. The van der Waals surface area contributed by atoms with Crippen LogP contribution in [0.5, 0.6) is 0 Å². The Morgan fingerprint density at radius 3 is 2.67 bits per heavy atom. The SMILES string of the molecule is C=C(CC)CC(=O)c1cc(N)cc(Cl)c1. The van der Waals surface area contributed by atoms with Crippen molar-refractivity contribution in [2.24, 2.45) is 0 Å². The molecule has 1 rings (SSSR count). The highest BCUT2D eigenvalue weighted by Crippen LogP contribution is 2.19. The molecule has 0 aliphatic carbocycles. The molecule has 2 nitrogen and oxygen atoms in total. The number of nitrogens with two attached hydrogens (primary N) is 1. The number of ketones is 1. The van der Waals surface area contributed by atoms with Gasteiger partial charge in [-0.2, -0.15) is 0 Å². The highest BCUT2D eigenvalue weighted by molar-refractivity contribution is 6.31. The van der Waals surface area contributed by atoms with Crippen LogP contribution in [0.3, 0.4) is 0 Å². The van der Waals surface area contributed by atoms with Gasteiger partial charge >= 0.3 is 0 Å². The predicted molar refractivity (Wildman–Crippen MR) is 64.2 cm³/mol. The first-order chi connectivity index (χ1) is 7.02. The van der Waals surface area contributed by atoms with Gasteiger partial charge in [-0.1, -0.05) is 30.7 Å². The molecule has 15 heavy (non-hydrogen) atoms. The second kappa shape index (κ2) is 4.99. The van der Waals surface area contributed by atoms with E-state index < -0.39 is 0 Å². The summed E-state index contributed by atoms with van der Waals surface area (Å²) in [6.07, 6.45) is 1.16. The molecule has 0 fully saturated rings. The molecule has 0 aliphatic rings. The Bertz CT molecular complexity index is 378.